The van der Waals surface area contributed by atoms with Gasteiger partial charge in [0.1, 0.15) is 17.7 Å². The van der Waals surface area contributed by atoms with E-state index in [0.717, 1.165) is 16.3 Å². The Kier molecular flexibility index (Phi) is 5.93. The highest BCUT2D eigenvalue weighted by molar-refractivity contribution is 6.30. The van der Waals surface area contributed by atoms with Crippen molar-refractivity contribution < 1.29 is 14.5 Å². The van der Waals surface area contributed by atoms with Gasteiger partial charge in [0, 0.05) is 9.95 Å². The largest absolute Gasteiger partial charge is 0.459 e. The fourth-order valence-corrected chi connectivity index (χ4v) is 4.63. The van der Waals surface area contributed by atoms with Crippen LogP contribution in [0.3, 0.4) is 0 Å². The van der Waals surface area contributed by atoms with Gasteiger partial charge in [0.05, 0.1) is 5.92 Å². The Labute approximate surface area is 191 Å². The maximum Gasteiger partial charge on any atom is 0.324 e. The van der Waals surface area contributed by atoms with E-state index in [-0.39, 0.29) is 4.92 Å². The molecule has 1 aliphatic rings. The second-order valence-corrected chi connectivity index (χ2v) is 9.51. The first-order valence-electron chi connectivity index (χ1n) is 10.5. The average molecular weight is 453 g/mol. The van der Waals surface area contributed by atoms with E-state index in [9.17, 15) is 14.9 Å². The number of fused-ring (bicyclic) bond motifs is 1. The molecule has 0 amide bonds. The van der Waals surface area contributed by atoms with Gasteiger partial charge >= 0.3 is 5.97 Å². The Bertz CT molecular complexity index is 1150. The molecule has 6 nitrogen and oxygen atoms in total. The van der Waals surface area contributed by atoms with E-state index in [1.165, 1.54) is 0 Å². The van der Waals surface area contributed by atoms with Gasteiger partial charge in [0.15, 0.2) is 0 Å². The molecule has 4 atom stereocenters. The van der Waals surface area contributed by atoms with Crippen molar-refractivity contribution in [2.75, 3.05) is 0 Å². The lowest BCUT2D eigenvalue weighted by Crippen LogP contribution is -2.41. The van der Waals surface area contributed by atoms with Crippen LogP contribution < -0.4 is 5.32 Å². The molecule has 1 fully saturated rings. The number of hydrogen-bond acceptors (Lipinski definition) is 5. The minimum absolute atomic E-state index is 0.289. The molecule has 1 saturated heterocycles. The summed E-state index contributed by atoms with van der Waals surface area (Å²) < 4.78 is 5.67. The van der Waals surface area contributed by atoms with Crippen LogP contribution in [-0.4, -0.2) is 28.6 Å². The second kappa shape index (κ2) is 8.52. The van der Waals surface area contributed by atoms with Crippen molar-refractivity contribution in [2.45, 2.75) is 50.4 Å². The summed E-state index contributed by atoms with van der Waals surface area (Å²) in [5.41, 5.74) is 0.738. The third kappa shape index (κ3) is 4.33. The number of carbonyl (C=O) groups is 1. The van der Waals surface area contributed by atoms with Crippen molar-refractivity contribution in [2.24, 2.45) is 0 Å². The van der Waals surface area contributed by atoms with Gasteiger partial charge < -0.3 is 4.74 Å². The lowest BCUT2D eigenvalue weighted by atomic mass is 9.83. The smallest absolute Gasteiger partial charge is 0.324 e. The van der Waals surface area contributed by atoms with Crippen LogP contribution in [0.15, 0.2) is 66.7 Å². The summed E-state index contributed by atoms with van der Waals surface area (Å²) in [7, 11) is 0. The predicted molar refractivity (Wildman–Crippen MR) is 124 cm³/mol. The van der Waals surface area contributed by atoms with Gasteiger partial charge in [0.25, 0.3) is 0 Å². The van der Waals surface area contributed by atoms with E-state index in [0.29, 0.717) is 10.6 Å². The van der Waals surface area contributed by atoms with E-state index < -0.39 is 35.6 Å². The maximum atomic E-state index is 13.3. The first kappa shape index (κ1) is 22.2. The Morgan fingerprint density at radius 2 is 1.69 bits per heavy atom. The number of rotatable bonds is 4. The number of esters is 1. The molecule has 0 aromatic heterocycles. The predicted octanol–water partition coefficient (Wildman–Crippen LogP) is 5.28. The number of hydrogen-bond donors (Lipinski definition) is 1. The van der Waals surface area contributed by atoms with Crippen molar-refractivity contribution in [1.29, 1.82) is 0 Å². The minimum Gasteiger partial charge on any atom is -0.459 e. The Balaban J connectivity index is 1.87. The SMILES string of the molecule is CC(C)(C)OC(=O)[C@H]1N[C@@H](c2ccc(Cl)cc2)[C@@H]([N+](=O)[O-])[C@@H]1c1cccc2ccccc12. The zero-order chi connectivity index (χ0) is 23.0. The molecular formula is C25H25ClN2O4. The van der Waals surface area contributed by atoms with Gasteiger partial charge in [-0.1, -0.05) is 66.2 Å². The van der Waals surface area contributed by atoms with E-state index in [1.54, 1.807) is 45.0 Å². The van der Waals surface area contributed by atoms with Crippen LogP contribution in [-0.2, 0) is 9.53 Å². The van der Waals surface area contributed by atoms with Gasteiger partial charge in [0.2, 0.25) is 6.04 Å². The van der Waals surface area contributed by atoms with E-state index in [2.05, 4.69) is 5.32 Å². The highest BCUT2D eigenvalue weighted by atomic mass is 35.5. The zero-order valence-electron chi connectivity index (χ0n) is 18.1. The summed E-state index contributed by atoms with van der Waals surface area (Å²) in [5, 5.41) is 18.0. The Hall–Kier alpha value is -2.96. The number of nitrogens with one attached hydrogen (secondary N) is 1. The number of benzene rings is 3. The zero-order valence-corrected chi connectivity index (χ0v) is 18.9. The summed E-state index contributed by atoms with van der Waals surface area (Å²) >= 11 is 6.03. The molecule has 0 saturated carbocycles. The second-order valence-electron chi connectivity index (χ2n) is 9.08. The fraction of sp³-hybridized carbons (Fsp3) is 0.320. The molecule has 0 aliphatic carbocycles. The van der Waals surface area contributed by atoms with Crippen molar-refractivity contribution in [3.63, 3.8) is 0 Å². The van der Waals surface area contributed by atoms with Gasteiger partial charge in [-0.2, -0.15) is 0 Å². The summed E-state index contributed by atoms with van der Waals surface area (Å²) in [6.07, 6.45) is 0. The number of halogens is 1. The van der Waals surface area contributed by atoms with Crippen molar-refractivity contribution in [3.05, 3.63) is 93.0 Å². The highest BCUT2D eigenvalue weighted by Gasteiger charge is 2.55. The lowest BCUT2D eigenvalue weighted by molar-refractivity contribution is -0.527. The molecule has 0 bridgehead atoms. The molecule has 0 unspecified atom stereocenters. The molecule has 1 N–H and O–H groups in total. The van der Waals surface area contributed by atoms with E-state index in [1.807, 2.05) is 42.5 Å². The van der Waals surface area contributed by atoms with Crippen LogP contribution in [0.5, 0.6) is 0 Å². The van der Waals surface area contributed by atoms with Gasteiger partial charge in [-0.05, 0) is 54.8 Å². The molecule has 7 heteroatoms. The number of carbonyl (C=O) groups excluding carboxylic acids is 1. The average Bonchev–Trinajstić information content (AvgIpc) is 3.13. The van der Waals surface area contributed by atoms with E-state index in [4.69, 9.17) is 16.3 Å². The third-order valence-corrected chi connectivity index (χ3v) is 6.00. The molecule has 0 radical (unpaired) electrons. The molecule has 1 heterocycles. The minimum atomic E-state index is -1.07. The first-order chi connectivity index (χ1) is 15.2. The standard InChI is InChI=1S/C25H25ClN2O4/c1-25(2,3)32-24(29)22-20(19-10-6-8-15-7-4-5-9-18(15)19)23(28(30)31)21(27-22)16-11-13-17(26)14-12-16/h4-14,20-23,27H,1-3H3/t20-,21+,22+,23+/m1/s1. The number of nitro groups is 1. The van der Waals surface area contributed by atoms with Crippen molar-refractivity contribution in [3.8, 4) is 0 Å². The molecular weight excluding hydrogens is 428 g/mol. The quantitative estimate of drug-likeness (QED) is 0.331. The summed E-state index contributed by atoms with van der Waals surface area (Å²) in [4.78, 5) is 25.4. The maximum absolute atomic E-state index is 13.3. The number of nitrogens with zero attached hydrogens (tertiary/aromatic N) is 1. The first-order valence-corrected chi connectivity index (χ1v) is 10.9. The molecule has 32 heavy (non-hydrogen) atoms. The summed E-state index contributed by atoms with van der Waals surface area (Å²) in [6, 6.07) is 17.7. The van der Waals surface area contributed by atoms with Crippen LogP contribution in [0, 0.1) is 10.1 Å². The molecule has 3 aromatic rings. The highest BCUT2D eigenvalue weighted by Crippen LogP contribution is 2.43. The lowest BCUT2D eigenvalue weighted by Gasteiger charge is -2.25. The van der Waals surface area contributed by atoms with Gasteiger partial charge in [-0.15, -0.1) is 0 Å². The Morgan fingerprint density at radius 3 is 2.34 bits per heavy atom. The topological polar surface area (TPSA) is 81.5 Å². The molecule has 4 rings (SSSR count). The summed E-state index contributed by atoms with van der Waals surface area (Å²) in [5.74, 6) is -1.22. The monoisotopic (exact) mass is 452 g/mol. The van der Waals surface area contributed by atoms with Crippen LogP contribution in [0.1, 0.15) is 43.9 Å². The summed E-state index contributed by atoms with van der Waals surface area (Å²) in [6.45, 7) is 5.36. The van der Waals surface area contributed by atoms with Crippen LogP contribution in [0.25, 0.3) is 10.8 Å². The van der Waals surface area contributed by atoms with Crippen molar-refractivity contribution >= 4 is 28.3 Å². The van der Waals surface area contributed by atoms with Gasteiger partial charge in [-0.3, -0.25) is 20.2 Å². The van der Waals surface area contributed by atoms with Crippen LogP contribution in [0.4, 0.5) is 0 Å². The van der Waals surface area contributed by atoms with Crippen LogP contribution >= 0.6 is 11.6 Å². The Morgan fingerprint density at radius 1 is 1.03 bits per heavy atom. The molecule has 3 aromatic carbocycles. The molecule has 1 aliphatic heterocycles. The van der Waals surface area contributed by atoms with E-state index >= 15 is 0 Å². The van der Waals surface area contributed by atoms with Crippen molar-refractivity contribution in [1.82, 2.24) is 5.32 Å². The fourth-order valence-electron chi connectivity index (χ4n) is 4.50. The third-order valence-electron chi connectivity index (χ3n) is 5.74. The normalized spacial score (nSPS) is 23.2. The van der Waals surface area contributed by atoms with Gasteiger partial charge in [-0.25, -0.2) is 0 Å². The number of ether oxygens (including phenoxy) is 1. The van der Waals surface area contributed by atoms with Crippen LogP contribution in [0.2, 0.25) is 5.02 Å². The molecule has 166 valence electrons. The molecule has 0 spiro atoms.